The second kappa shape index (κ2) is 9.84. The molecule has 0 atom stereocenters. The lowest BCUT2D eigenvalue weighted by Gasteiger charge is -2.29. The summed E-state index contributed by atoms with van der Waals surface area (Å²) in [5.41, 5.74) is 4.80. The first-order valence-electron chi connectivity index (χ1n) is 9.91. The fourth-order valence-corrected chi connectivity index (χ4v) is 4.93. The molecule has 0 fully saturated rings. The van der Waals surface area contributed by atoms with Crippen LogP contribution >= 0.6 is 11.8 Å². The van der Waals surface area contributed by atoms with Crippen molar-refractivity contribution in [2.24, 2.45) is 0 Å². The Hall–Kier alpha value is -3.37. The van der Waals surface area contributed by atoms with Crippen LogP contribution in [0.5, 0.6) is 11.5 Å². The second-order valence-electron chi connectivity index (χ2n) is 7.19. The summed E-state index contributed by atoms with van der Waals surface area (Å²) in [6, 6.07) is 33.1. The molecule has 0 unspecified atom stereocenters. The van der Waals surface area contributed by atoms with Gasteiger partial charge in [0.1, 0.15) is 0 Å². The Morgan fingerprint density at radius 2 is 0.844 bits per heavy atom. The second-order valence-corrected chi connectivity index (χ2v) is 8.28. The van der Waals surface area contributed by atoms with Crippen LogP contribution in [0.2, 0.25) is 0 Å². The molecule has 4 aromatic rings. The van der Waals surface area contributed by atoms with Crippen LogP contribution in [0, 0.1) is 0 Å². The molecule has 6 rings (SSSR count). The van der Waals surface area contributed by atoms with Crippen molar-refractivity contribution < 1.29 is 4.74 Å². The van der Waals surface area contributed by atoms with E-state index in [0.29, 0.717) is 0 Å². The lowest BCUT2D eigenvalue weighted by molar-refractivity contribution is 0.475. The average molecular weight is 443 g/mol. The van der Waals surface area contributed by atoms with Crippen molar-refractivity contribution >= 4 is 34.5 Å². The van der Waals surface area contributed by atoms with Gasteiger partial charge in [0.15, 0.2) is 11.5 Å². The van der Waals surface area contributed by atoms with Crippen molar-refractivity contribution in [3.05, 3.63) is 97.1 Å². The van der Waals surface area contributed by atoms with E-state index in [1.807, 2.05) is 48.2 Å². The summed E-state index contributed by atoms with van der Waals surface area (Å²) >= 11 is 1.84. The molecule has 0 saturated carbocycles. The molecule has 4 heteroatoms. The summed E-state index contributed by atoms with van der Waals surface area (Å²) in [6.45, 7) is 0. The summed E-state index contributed by atoms with van der Waals surface area (Å²) in [4.78, 5) is 7.06. The van der Waals surface area contributed by atoms with Gasteiger partial charge in [-0.25, -0.2) is 0 Å². The van der Waals surface area contributed by atoms with Gasteiger partial charge in [0.25, 0.3) is 0 Å². The highest BCUT2D eigenvalue weighted by Crippen LogP contribution is 2.47. The predicted octanol–water partition coefficient (Wildman–Crippen LogP) is 8.75. The summed E-state index contributed by atoms with van der Waals surface area (Å²) in [6.07, 6.45) is 0. The summed E-state index contributed by atoms with van der Waals surface area (Å²) in [5, 5.41) is 0. The van der Waals surface area contributed by atoms with E-state index >= 15 is 0 Å². The minimum Gasteiger partial charge on any atom is -0.453 e. The van der Waals surface area contributed by atoms with E-state index in [9.17, 15) is 0 Å². The molecular weight excluding hydrogens is 412 g/mol. The predicted molar refractivity (Wildman–Crippen MR) is 140 cm³/mol. The van der Waals surface area contributed by atoms with Crippen molar-refractivity contribution in [2.45, 2.75) is 24.6 Å². The van der Waals surface area contributed by atoms with E-state index in [-0.39, 0.29) is 14.9 Å². The van der Waals surface area contributed by atoms with Gasteiger partial charge in [-0.05, 0) is 48.5 Å². The standard InChI is InChI=1S/C13H11NO.C13H11NS.2CH4/c2*1-14-10-6-2-4-8-12(10)15-13-9-5-3-7-11(13)14;;/h2*2-9H,1H3;2*1H4. The first-order chi connectivity index (χ1) is 14.7. The van der Waals surface area contributed by atoms with Crippen LogP contribution in [0.3, 0.4) is 0 Å². The van der Waals surface area contributed by atoms with Crippen LogP contribution in [0.25, 0.3) is 0 Å². The summed E-state index contributed by atoms with van der Waals surface area (Å²) < 4.78 is 5.81. The van der Waals surface area contributed by atoms with Gasteiger partial charge in [0.05, 0.1) is 22.7 Å². The lowest BCUT2D eigenvalue weighted by Crippen LogP contribution is -2.15. The minimum absolute atomic E-state index is 0. The minimum atomic E-state index is 0. The van der Waals surface area contributed by atoms with Crippen molar-refractivity contribution in [1.82, 2.24) is 0 Å². The quantitative estimate of drug-likeness (QED) is 0.270. The molecule has 32 heavy (non-hydrogen) atoms. The molecule has 164 valence electrons. The Kier molecular flexibility index (Phi) is 7.16. The number of ether oxygens (including phenoxy) is 1. The maximum absolute atomic E-state index is 5.81. The van der Waals surface area contributed by atoms with Crippen LogP contribution in [0.1, 0.15) is 14.9 Å². The van der Waals surface area contributed by atoms with Gasteiger partial charge >= 0.3 is 0 Å². The summed E-state index contributed by atoms with van der Waals surface area (Å²) in [7, 11) is 4.18. The van der Waals surface area contributed by atoms with Gasteiger partial charge in [-0.15, -0.1) is 0 Å². The largest absolute Gasteiger partial charge is 0.453 e. The normalized spacial score (nSPS) is 12.2. The zero-order valence-corrected chi connectivity index (χ0v) is 17.8. The maximum atomic E-state index is 5.81. The van der Waals surface area contributed by atoms with Crippen molar-refractivity contribution in [1.29, 1.82) is 0 Å². The van der Waals surface area contributed by atoms with E-state index in [2.05, 4.69) is 84.6 Å². The molecule has 0 bridgehead atoms. The first kappa shape index (κ1) is 23.3. The van der Waals surface area contributed by atoms with E-state index in [1.165, 1.54) is 21.2 Å². The molecule has 0 spiro atoms. The van der Waals surface area contributed by atoms with Crippen molar-refractivity contribution in [3.8, 4) is 11.5 Å². The molecule has 0 radical (unpaired) electrons. The molecule has 3 nitrogen and oxygen atoms in total. The number of anilines is 4. The Morgan fingerprint density at radius 1 is 0.500 bits per heavy atom. The van der Waals surface area contributed by atoms with E-state index in [1.54, 1.807) is 0 Å². The fraction of sp³-hybridized carbons (Fsp3) is 0.143. The number of hydrogen-bond acceptors (Lipinski definition) is 4. The third-order valence-corrected chi connectivity index (χ3v) is 6.48. The number of fused-ring (bicyclic) bond motifs is 4. The smallest absolute Gasteiger partial charge is 0.151 e. The number of benzene rings is 4. The van der Waals surface area contributed by atoms with Crippen molar-refractivity contribution in [3.63, 3.8) is 0 Å². The number of hydrogen-bond donors (Lipinski definition) is 0. The Balaban J connectivity index is 0.000000170. The number of rotatable bonds is 0. The Labute approximate surface area is 196 Å². The molecule has 4 aromatic carbocycles. The highest BCUT2D eigenvalue weighted by atomic mass is 32.2. The fourth-order valence-electron chi connectivity index (χ4n) is 3.78. The highest BCUT2D eigenvalue weighted by Gasteiger charge is 2.20. The van der Waals surface area contributed by atoms with E-state index in [0.717, 1.165) is 22.9 Å². The SMILES string of the molecule is C.C.CN1c2ccccc2Oc2ccccc21.CN1c2ccccc2Sc2ccccc21. The third kappa shape index (κ3) is 4.19. The van der Waals surface area contributed by atoms with Crippen molar-refractivity contribution in [2.75, 3.05) is 23.9 Å². The first-order valence-corrected chi connectivity index (χ1v) is 10.7. The monoisotopic (exact) mass is 442 g/mol. The molecule has 2 aliphatic heterocycles. The third-order valence-electron chi connectivity index (χ3n) is 5.35. The van der Waals surface area contributed by atoms with E-state index < -0.39 is 0 Å². The lowest BCUT2D eigenvalue weighted by atomic mass is 10.2. The molecule has 0 N–H and O–H groups in total. The molecule has 0 saturated heterocycles. The average Bonchev–Trinajstić information content (AvgIpc) is 2.80. The van der Waals surface area contributed by atoms with Crippen LogP contribution < -0.4 is 14.5 Å². The van der Waals surface area contributed by atoms with Crippen LogP contribution in [0.15, 0.2) is 107 Å². The molecule has 2 aliphatic rings. The van der Waals surface area contributed by atoms with Crippen LogP contribution in [-0.2, 0) is 0 Å². The number of para-hydroxylation sites is 6. The Bertz CT molecular complexity index is 1020. The number of nitrogens with zero attached hydrogens (tertiary/aromatic N) is 2. The van der Waals surface area contributed by atoms with Gasteiger partial charge in [-0.1, -0.05) is 75.1 Å². The maximum Gasteiger partial charge on any atom is 0.151 e. The molecule has 0 aromatic heterocycles. The highest BCUT2D eigenvalue weighted by molar-refractivity contribution is 7.99. The van der Waals surface area contributed by atoms with Gasteiger partial charge in [0.2, 0.25) is 0 Å². The zero-order chi connectivity index (χ0) is 20.5. The summed E-state index contributed by atoms with van der Waals surface area (Å²) in [5.74, 6) is 1.83. The topological polar surface area (TPSA) is 15.7 Å². The molecular formula is C28H30N2OS. The van der Waals surface area contributed by atoms with Gasteiger partial charge in [-0.2, -0.15) is 0 Å². The zero-order valence-electron chi connectivity index (χ0n) is 16.9. The van der Waals surface area contributed by atoms with Gasteiger partial charge < -0.3 is 14.5 Å². The van der Waals surface area contributed by atoms with Crippen LogP contribution in [0.4, 0.5) is 22.7 Å². The van der Waals surface area contributed by atoms with Gasteiger partial charge in [0, 0.05) is 23.9 Å². The van der Waals surface area contributed by atoms with E-state index in [4.69, 9.17) is 4.74 Å². The van der Waals surface area contributed by atoms with Gasteiger partial charge in [-0.3, -0.25) is 0 Å². The molecule has 2 heterocycles. The van der Waals surface area contributed by atoms with Crippen LogP contribution in [-0.4, -0.2) is 14.1 Å². The molecule has 0 aliphatic carbocycles. The molecule has 0 amide bonds. The Morgan fingerprint density at radius 3 is 1.31 bits per heavy atom.